The van der Waals surface area contributed by atoms with E-state index in [4.69, 9.17) is 4.74 Å². The third-order valence-electron chi connectivity index (χ3n) is 2.84. The molecule has 5 nitrogen and oxygen atoms in total. The molecule has 23 heavy (non-hydrogen) atoms. The molecule has 0 radical (unpaired) electrons. The lowest BCUT2D eigenvalue weighted by Gasteiger charge is -2.10. The Balaban J connectivity index is 2.38. The number of anilines is 1. The smallest absolute Gasteiger partial charge is 0.432 e. The van der Waals surface area contributed by atoms with Crippen LogP contribution in [0.3, 0.4) is 0 Å². The lowest BCUT2D eigenvalue weighted by atomic mass is 10.1. The molecule has 0 bridgehead atoms. The summed E-state index contributed by atoms with van der Waals surface area (Å²) in [5.41, 5.74) is -0.311. The van der Waals surface area contributed by atoms with Gasteiger partial charge in [0, 0.05) is 5.56 Å². The Kier molecular flexibility index (Phi) is 4.60. The molecule has 0 fully saturated rings. The van der Waals surface area contributed by atoms with E-state index in [0.29, 0.717) is 17.5 Å². The molecule has 1 amide bonds. The topological polar surface area (TPSA) is 67.0 Å². The molecule has 0 saturated carbocycles. The van der Waals surface area contributed by atoms with Crippen molar-refractivity contribution in [3.05, 3.63) is 30.1 Å². The van der Waals surface area contributed by atoms with Crippen molar-refractivity contribution in [2.75, 3.05) is 12.4 Å². The van der Waals surface area contributed by atoms with E-state index in [0.717, 1.165) is 0 Å². The number of imidazole rings is 1. The Labute approximate surface area is 129 Å². The molecule has 0 saturated heterocycles. The summed E-state index contributed by atoms with van der Waals surface area (Å²) in [6, 6.07) is 4.49. The van der Waals surface area contributed by atoms with E-state index in [2.05, 4.69) is 27.1 Å². The maximum Gasteiger partial charge on any atom is 0.432 e. The first-order valence-corrected chi connectivity index (χ1v) is 6.39. The second kappa shape index (κ2) is 6.44. The number of hydrogen-bond acceptors (Lipinski definition) is 3. The molecule has 1 aromatic heterocycles. The predicted molar refractivity (Wildman–Crippen MR) is 77.7 cm³/mol. The minimum Gasteiger partial charge on any atom is -0.495 e. The van der Waals surface area contributed by atoms with Crippen molar-refractivity contribution >= 4 is 11.6 Å². The van der Waals surface area contributed by atoms with Crippen LogP contribution < -0.4 is 10.1 Å². The number of carbonyl (C=O) groups excluding carboxylic acids is 1. The summed E-state index contributed by atoms with van der Waals surface area (Å²) in [5, 5.41) is 2.51. The molecule has 0 aliphatic carbocycles. The van der Waals surface area contributed by atoms with E-state index in [1.807, 2.05) is 0 Å². The monoisotopic (exact) mass is 323 g/mol. The minimum atomic E-state index is -4.51. The summed E-state index contributed by atoms with van der Waals surface area (Å²) in [5.74, 6) is 4.56. The SMILES string of the molecule is CC#CC(=O)Nc1cc(-c2ncc(C(F)(F)F)[nH]2)ccc1OC. The van der Waals surface area contributed by atoms with Crippen molar-refractivity contribution in [3.63, 3.8) is 0 Å². The summed E-state index contributed by atoms with van der Waals surface area (Å²) in [7, 11) is 1.41. The number of amides is 1. The Morgan fingerprint density at radius 2 is 2.13 bits per heavy atom. The maximum absolute atomic E-state index is 12.6. The van der Waals surface area contributed by atoms with E-state index < -0.39 is 17.8 Å². The number of methoxy groups -OCH3 is 1. The fourth-order valence-electron chi connectivity index (χ4n) is 1.83. The molecule has 1 aromatic carbocycles. The average molecular weight is 323 g/mol. The third-order valence-corrected chi connectivity index (χ3v) is 2.84. The Morgan fingerprint density at radius 1 is 1.39 bits per heavy atom. The van der Waals surface area contributed by atoms with E-state index in [1.54, 1.807) is 0 Å². The normalized spacial score (nSPS) is 10.7. The van der Waals surface area contributed by atoms with Crippen LogP contribution in [0.4, 0.5) is 18.9 Å². The number of alkyl halides is 3. The van der Waals surface area contributed by atoms with E-state index in [1.165, 1.54) is 32.2 Å². The van der Waals surface area contributed by atoms with Crippen molar-refractivity contribution in [1.82, 2.24) is 9.97 Å². The van der Waals surface area contributed by atoms with Gasteiger partial charge in [0.1, 0.15) is 17.3 Å². The maximum atomic E-state index is 12.6. The highest BCUT2D eigenvalue weighted by Gasteiger charge is 2.33. The molecule has 0 unspecified atom stereocenters. The first-order valence-electron chi connectivity index (χ1n) is 6.39. The van der Waals surface area contributed by atoms with E-state index in [-0.39, 0.29) is 11.5 Å². The zero-order valence-corrected chi connectivity index (χ0v) is 12.2. The largest absolute Gasteiger partial charge is 0.495 e. The number of aromatic nitrogens is 2. The van der Waals surface area contributed by atoms with Gasteiger partial charge >= 0.3 is 6.18 Å². The molecule has 2 rings (SSSR count). The van der Waals surface area contributed by atoms with Crippen LogP contribution in [0.2, 0.25) is 0 Å². The highest BCUT2D eigenvalue weighted by Crippen LogP contribution is 2.32. The van der Waals surface area contributed by atoms with Crippen LogP contribution in [0, 0.1) is 11.8 Å². The summed E-state index contributed by atoms with van der Waals surface area (Å²) in [6.07, 6.45) is -3.80. The fourth-order valence-corrected chi connectivity index (χ4v) is 1.83. The summed E-state index contributed by atoms with van der Waals surface area (Å²) < 4.78 is 42.9. The Hall–Kier alpha value is -2.95. The summed E-state index contributed by atoms with van der Waals surface area (Å²) in [4.78, 5) is 17.5. The van der Waals surface area contributed by atoms with Gasteiger partial charge in [-0.2, -0.15) is 13.2 Å². The molecule has 0 spiro atoms. The minimum absolute atomic E-state index is 0.0250. The molecule has 2 aromatic rings. The number of carbonyl (C=O) groups is 1. The van der Waals surface area contributed by atoms with Gasteiger partial charge in [-0.05, 0) is 31.0 Å². The summed E-state index contributed by atoms with van der Waals surface area (Å²) >= 11 is 0. The molecular weight excluding hydrogens is 311 g/mol. The number of nitrogens with zero attached hydrogens (tertiary/aromatic N) is 1. The van der Waals surface area contributed by atoms with Gasteiger partial charge in [-0.25, -0.2) is 4.98 Å². The molecule has 0 aliphatic rings. The highest BCUT2D eigenvalue weighted by atomic mass is 19.4. The van der Waals surface area contributed by atoms with Gasteiger partial charge in [-0.1, -0.05) is 5.92 Å². The van der Waals surface area contributed by atoms with Crippen LogP contribution in [0.5, 0.6) is 5.75 Å². The number of H-pyrrole nitrogens is 1. The van der Waals surface area contributed by atoms with Gasteiger partial charge in [0.15, 0.2) is 0 Å². The number of hydrogen-bond donors (Lipinski definition) is 2. The van der Waals surface area contributed by atoms with Crippen molar-refractivity contribution in [3.8, 4) is 29.0 Å². The standard InChI is InChI=1S/C15H12F3N3O2/c1-3-4-13(22)20-10-7-9(5-6-11(10)23-2)14-19-8-12(21-14)15(16,17)18/h5-8H,1-2H3,(H,19,21)(H,20,22). The third kappa shape index (κ3) is 3.83. The number of halogens is 3. The average Bonchev–Trinajstić information content (AvgIpc) is 2.97. The first-order chi connectivity index (χ1) is 10.8. The zero-order valence-electron chi connectivity index (χ0n) is 12.2. The molecule has 0 atom stereocenters. The Morgan fingerprint density at radius 3 is 2.70 bits per heavy atom. The van der Waals surface area contributed by atoms with Gasteiger partial charge in [0.2, 0.25) is 0 Å². The van der Waals surface area contributed by atoms with Crippen LogP contribution in [0.1, 0.15) is 12.6 Å². The first kappa shape index (κ1) is 16.4. The molecule has 1 heterocycles. The van der Waals surface area contributed by atoms with E-state index in [9.17, 15) is 18.0 Å². The zero-order chi connectivity index (χ0) is 17.0. The van der Waals surface area contributed by atoms with Gasteiger partial charge in [-0.3, -0.25) is 4.79 Å². The van der Waals surface area contributed by atoms with Crippen molar-refractivity contribution in [2.45, 2.75) is 13.1 Å². The van der Waals surface area contributed by atoms with Gasteiger partial charge < -0.3 is 15.0 Å². The van der Waals surface area contributed by atoms with Crippen LogP contribution >= 0.6 is 0 Å². The second-order valence-electron chi connectivity index (χ2n) is 4.39. The molecule has 2 N–H and O–H groups in total. The number of aromatic amines is 1. The van der Waals surface area contributed by atoms with Crippen LogP contribution in [-0.4, -0.2) is 23.0 Å². The van der Waals surface area contributed by atoms with Crippen LogP contribution in [0.15, 0.2) is 24.4 Å². The Bertz CT molecular complexity index is 785. The molecule has 8 heteroatoms. The number of ether oxygens (including phenoxy) is 1. The van der Waals surface area contributed by atoms with Crippen LogP contribution in [0.25, 0.3) is 11.4 Å². The second-order valence-corrected chi connectivity index (χ2v) is 4.39. The van der Waals surface area contributed by atoms with Crippen LogP contribution in [-0.2, 0) is 11.0 Å². The molecular formula is C15H12F3N3O2. The van der Waals surface area contributed by atoms with Crippen molar-refractivity contribution < 1.29 is 22.7 Å². The van der Waals surface area contributed by atoms with Gasteiger partial charge in [0.05, 0.1) is 19.0 Å². The summed E-state index contributed by atoms with van der Waals surface area (Å²) in [6.45, 7) is 1.51. The predicted octanol–water partition coefficient (Wildman–Crippen LogP) is 3.07. The highest BCUT2D eigenvalue weighted by molar-refractivity contribution is 6.05. The lowest BCUT2D eigenvalue weighted by Crippen LogP contribution is -2.09. The number of rotatable bonds is 3. The number of benzene rings is 1. The van der Waals surface area contributed by atoms with Gasteiger partial charge in [0.25, 0.3) is 5.91 Å². The van der Waals surface area contributed by atoms with Gasteiger partial charge in [-0.15, -0.1) is 0 Å². The quantitative estimate of drug-likeness (QED) is 0.853. The van der Waals surface area contributed by atoms with Crippen molar-refractivity contribution in [2.24, 2.45) is 0 Å². The molecule has 0 aliphatic heterocycles. The number of nitrogens with one attached hydrogen (secondary N) is 2. The van der Waals surface area contributed by atoms with Crippen molar-refractivity contribution in [1.29, 1.82) is 0 Å². The lowest BCUT2D eigenvalue weighted by molar-refractivity contribution is -0.140. The van der Waals surface area contributed by atoms with E-state index >= 15 is 0 Å². The molecule has 120 valence electrons. The fraction of sp³-hybridized carbons (Fsp3) is 0.200.